The third-order valence-electron chi connectivity index (χ3n) is 2.83. The van der Waals surface area contributed by atoms with Crippen LogP contribution in [0.1, 0.15) is 11.1 Å². The van der Waals surface area contributed by atoms with Gasteiger partial charge in [-0.05, 0) is 42.3 Å². The molecule has 0 fully saturated rings. The highest BCUT2D eigenvalue weighted by Gasteiger charge is 2.00. The number of benzene rings is 2. The topological polar surface area (TPSA) is 29.1 Å². The van der Waals surface area contributed by atoms with Gasteiger partial charge in [-0.15, -0.1) is 0 Å². The maximum absolute atomic E-state index is 11.7. The Hall–Kier alpha value is -1.66. The van der Waals surface area contributed by atoms with E-state index in [0.717, 1.165) is 5.56 Å². The van der Waals surface area contributed by atoms with Crippen molar-refractivity contribution in [3.8, 4) is 11.8 Å². The first-order chi connectivity index (χ1) is 10.5. The zero-order valence-corrected chi connectivity index (χ0v) is 13.8. The van der Waals surface area contributed by atoms with E-state index in [-0.39, 0.29) is 5.91 Å². The number of nitrogens with one attached hydrogen (secondary N) is 1. The van der Waals surface area contributed by atoms with E-state index in [2.05, 4.69) is 17.2 Å². The molecule has 2 aromatic rings. The fraction of sp³-hybridized carbons (Fsp3) is 0.118. The van der Waals surface area contributed by atoms with Crippen molar-refractivity contribution in [2.45, 2.75) is 6.42 Å². The van der Waals surface area contributed by atoms with Crippen LogP contribution >= 0.6 is 34.8 Å². The second-order valence-electron chi connectivity index (χ2n) is 4.51. The molecule has 0 atom stereocenters. The lowest BCUT2D eigenvalue weighted by molar-refractivity contribution is -0.115. The van der Waals surface area contributed by atoms with E-state index >= 15 is 0 Å². The van der Waals surface area contributed by atoms with Crippen LogP contribution in [-0.4, -0.2) is 12.5 Å². The molecule has 0 aliphatic carbocycles. The number of carbonyl (C=O) groups is 1. The Morgan fingerprint density at radius 1 is 1.05 bits per heavy atom. The summed E-state index contributed by atoms with van der Waals surface area (Å²) >= 11 is 17.7. The maximum Gasteiger partial charge on any atom is 0.296 e. The van der Waals surface area contributed by atoms with E-state index in [9.17, 15) is 4.79 Å². The summed E-state index contributed by atoms with van der Waals surface area (Å²) < 4.78 is 0. The zero-order chi connectivity index (χ0) is 15.9. The molecule has 2 aromatic carbocycles. The van der Waals surface area contributed by atoms with Crippen molar-refractivity contribution in [1.29, 1.82) is 0 Å². The van der Waals surface area contributed by atoms with E-state index in [1.807, 2.05) is 24.3 Å². The van der Waals surface area contributed by atoms with Crippen LogP contribution in [0.25, 0.3) is 0 Å². The summed E-state index contributed by atoms with van der Waals surface area (Å²) in [5, 5.41) is 4.36. The normalized spacial score (nSPS) is 9.77. The summed E-state index contributed by atoms with van der Waals surface area (Å²) in [5.74, 6) is 4.87. The highest BCUT2D eigenvalue weighted by Crippen LogP contribution is 2.19. The van der Waals surface area contributed by atoms with E-state index in [1.54, 1.807) is 18.2 Å². The average molecular weight is 353 g/mol. The fourth-order valence-electron chi connectivity index (χ4n) is 1.77. The monoisotopic (exact) mass is 351 g/mol. The largest absolute Gasteiger partial charge is 0.345 e. The van der Waals surface area contributed by atoms with Crippen LogP contribution < -0.4 is 5.32 Å². The first-order valence-electron chi connectivity index (χ1n) is 6.54. The molecule has 112 valence electrons. The maximum atomic E-state index is 11.7. The van der Waals surface area contributed by atoms with Gasteiger partial charge < -0.3 is 5.32 Å². The molecule has 0 aliphatic heterocycles. The summed E-state index contributed by atoms with van der Waals surface area (Å²) in [7, 11) is 0. The molecule has 2 rings (SSSR count). The second-order valence-corrected chi connectivity index (χ2v) is 5.79. The molecule has 0 radical (unpaired) electrons. The number of carbonyl (C=O) groups excluding carboxylic acids is 1. The van der Waals surface area contributed by atoms with Gasteiger partial charge in [-0.1, -0.05) is 52.9 Å². The Balaban J connectivity index is 1.87. The van der Waals surface area contributed by atoms with Crippen molar-refractivity contribution >= 4 is 40.7 Å². The minimum Gasteiger partial charge on any atom is -0.345 e. The third-order valence-corrected chi connectivity index (χ3v) is 3.61. The number of hydrogen-bond acceptors (Lipinski definition) is 1. The predicted octanol–water partition coefficient (Wildman–Crippen LogP) is 4.36. The fourth-order valence-corrected chi connectivity index (χ4v) is 2.44. The van der Waals surface area contributed by atoms with Crippen LogP contribution in [0.15, 0.2) is 42.5 Å². The molecule has 2 nitrogen and oxygen atoms in total. The first-order valence-corrected chi connectivity index (χ1v) is 7.67. The highest BCUT2D eigenvalue weighted by molar-refractivity contribution is 6.35. The van der Waals surface area contributed by atoms with Crippen molar-refractivity contribution in [1.82, 2.24) is 5.32 Å². The Bertz CT molecular complexity index is 747. The minimum atomic E-state index is -0.354. The van der Waals surface area contributed by atoms with Crippen molar-refractivity contribution in [3.63, 3.8) is 0 Å². The van der Waals surface area contributed by atoms with Crippen LogP contribution in [0.4, 0.5) is 0 Å². The molecule has 0 spiro atoms. The molecular formula is C17H12Cl3NO. The third kappa shape index (κ3) is 5.27. The van der Waals surface area contributed by atoms with E-state index in [4.69, 9.17) is 34.8 Å². The Morgan fingerprint density at radius 3 is 2.55 bits per heavy atom. The summed E-state index contributed by atoms with van der Waals surface area (Å²) in [6, 6.07) is 12.5. The van der Waals surface area contributed by atoms with Crippen LogP contribution in [-0.2, 0) is 11.2 Å². The van der Waals surface area contributed by atoms with Crippen molar-refractivity contribution in [3.05, 3.63) is 68.7 Å². The van der Waals surface area contributed by atoms with E-state index in [0.29, 0.717) is 33.6 Å². The molecular weight excluding hydrogens is 341 g/mol. The standard InChI is InChI=1S/C17H12Cl3NO/c18-14-3-1-2-12(10-14)8-9-21-17(22)7-5-13-4-6-15(19)11-16(13)20/h1-4,6,10-11H,8-9H2,(H,21,22). The van der Waals surface area contributed by atoms with Gasteiger partial charge in [0.1, 0.15) is 0 Å². The predicted molar refractivity (Wildman–Crippen MR) is 91.5 cm³/mol. The first kappa shape index (κ1) is 16.7. The molecule has 0 unspecified atom stereocenters. The summed E-state index contributed by atoms with van der Waals surface area (Å²) in [4.78, 5) is 11.7. The molecule has 1 N–H and O–H groups in total. The quantitative estimate of drug-likeness (QED) is 0.817. The number of halogens is 3. The molecule has 0 saturated heterocycles. The summed E-state index contributed by atoms with van der Waals surface area (Å²) in [6.07, 6.45) is 0.690. The number of hydrogen-bond donors (Lipinski definition) is 1. The van der Waals surface area contributed by atoms with Crippen molar-refractivity contribution in [2.75, 3.05) is 6.54 Å². The molecule has 0 aromatic heterocycles. The van der Waals surface area contributed by atoms with Crippen molar-refractivity contribution in [2.24, 2.45) is 0 Å². The Morgan fingerprint density at radius 2 is 1.82 bits per heavy atom. The second kappa shape index (κ2) is 8.10. The summed E-state index contributed by atoms with van der Waals surface area (Å²) in [5.41, 5.74) is 1.62. The van der Waals surface area contributed by atoms with Crippen LogP contribution in [0.3, 0.4) is 0 Å². The lowest BCUT2D eigenvalue weighted by Crippen LogP contribution is -2.24. The number of rotatable bonds is 3. The molecule has 0 heterocycles. The molecule has 22 heavy (non-hydrogen) atoms. The molecule has 1 amide bonds. The lowest BCUT2D eigenvalue weighted by atomic mass is 10.1. The molecule has 0 aliphatic rings. The number of amides is 1. The molecule has 0 bridgehead atoms. The van der Waals surface area contributed by atoms with Gasteiger partial charge in [0.05, 0.1) is 5.02 Å². The Kier molecular flexibility index (Phi) is 6.15. The van der Waals surface area contributed by atoms with Crippen LogP contribution in [0, 0.1) is 11.8 Å². The zero-order valence-electron chi connectivity index (χ0n) is 11.5. The van der Waals surface area contributed by atoms with Gasteiger partial charge in [0.15, 0.2) is 0 Å². The Labute approximate surface area is 144 Å². The van der Waals surface area contributed by atoms with Crippen LogP contribution in [0.2, 0.25) is 15.1 Å². The van der Waals surface area contributed by atoms with Gasteiger partial charge in [-0.3, -0.25) is 4.79 Å². The van der Waals surface area contributed by atoms with Gasteiger partial charge in [-0.2, -0.15) is 0 Å². The van der Waals surface area contributed by atoms with E-state index in [1.165, 1.54) is 0 Å². The van der Waals surface area contributed by atoms with Gasteiger partial charge in [-0.25, -0.2) is 0 Å². The molecule has 0 saturated carbocycles. The van der Waals surface area contributed by atoms with Gasteiger partial charge in [0.25, 0.3) is 5.91 Å². The van der Waals surface area contributed by atoms with Crippen molar-refractivity contribution < 1.29 is 4.79 Å². The highest BCUT2D eigenvalue weighted by atomic mass is 35.5. The van der Waals surface area contributed by atoms with Gasteiger partial charge in [0, 0.05) is 28.1 Å². The SMILES string of the molecule is O=C(C#Cc1ccc(Cl)cc1Cl)NCCc1cccc(Cl)c1. The lowest BCUT2D eigenvalue weighted by Gasteiger charge is -2.02. The minimum absolute atomic E-state index is 0.354. The van der Waals surface area contributed by atoms with Crippen LogP contribution in [0.5, 0.6) is 0 Å². The van der Waals surface area contributed by atoms with E-state index < -0.39 is 0 Å². The molecule has 5 heteroatoms. The van der Waals surface area contributed by atoms with Gasteiger partial charge in [0.2, 0.25) is 0 Å². The van der Waals surface area contributed by atoms with Gasteiger partial charge >= 0.3 is 0 Å². The smallest absolute Gasteiger partial charge is 0.296 e. The summed E-state index contributed by atoms with van der Waals surface area (Å²) in [6.45, 7) is 0.488. The average Bonchev–Trinajstić information content (AvgIpc) is 2.46.